The predicted molar refractivity (Wildman–Crippen MR) is 81.3 cm³/mol. The highest BCUT2D eigenvalue weighted by atomic mass is 79.9. The zero-order chi connectivity index (χ0) is 13.0. The molecule has 2 N–H and O–H groups in total. The van der Waals surface area contributed by atoms with Crippen LogP contribution >= 0.6 is 28.3 Å². The molecule has 4 nitrogen and oxygen atoms in total. The zero-order valence-corrected chi connectivity index (χ0v) is 13.1. The van der Waals surface area contributed by atoms with Gasteiger partial charge in [0.15, 0.2) is 0 Å². The van der Waals surface area contributed by atoms with E-state index in [2.05, 4.69) is 26.6 Å². The van der Waals surface area contributed by atoms with E-state index in [0.717, 1.165) is 30.4 Å². The number of carbonyl (C=O) groups excluding carboxylic acids is 1. The SMILES string of the molecule is COc1ccc(Br)c(C(=O)N[C@H]2CCCNC2)c1.Cl. The van der Waals surface area contributed by atoms with Gasteiger partial charge in [0.2, 0.25) is 0 Å². The van der Waals surface area contributed by atoms with E-state index < -0.39 is 0 Å². The van der Waals surface area contributed by atoms with Crippen molar-refractivity contribution in [3.8, 4) is 5.75 Å². The normalized spacial score (nSPS) is 18.3. The summed E-state index contributed by atoms with van der Waals surface area (Å²) in [5.74, 6) is 0.625. The molecular formula is C13H18BrClN2O2. The Bertz CT molecular complexity index is 437. The molecule has 0 spiro atoms. The van der Waals surface area contributed by atoms with Gasteiger partial charge >= 0.3 is 0 Å². The quantitative estimate of drug-likeness (QED) is 0.881. The number of hydrogen-bond donors (Lipinski definition) is 2. The molecule has 0 bridgehead atoms. The van der Waals surface area contributed by atoms with E-state index in [1.165, 1.54) is 0 Å². The number of nitrogens with one attached hydrogen (secondary N) is 2. The first kappa shape index (κ1) is 16.3. The van der Waals surface area contributed by atoms with Gasteiger partial charge < -0.3 is 15.4 Å². The zero-order valence-electron chi connectivity index (χ0n) is 10.7. The molecule has 1 saturated heterocycles. The van der Waals surface area contributed by atoms with Gasteiger partial charge in [0.25, 0.3) is 5.91 Å². The van der Waals surface area contributed by atoms with E-state index in [4.69, 9.17) is 4.74 Å². The third-order valence-electron chi connectivity index (χ3n) is 3.05. The lowest BCUT2D eigenvalue weighted by Crippen LogP contribution is -2.45. The van der Waals surface area contributed by atoms with Crippen LogP contribution in [0.3, 0.4) is 0 Å². The summed E-state index contributed by atoms with van der Waals surface area (Å²) in [7, 11) is 1.59. The Labute approximate surface area is 127 Å². The van der Waals surface area contributed by atoms with Crippen molar-refractivity contribution in [3.05, 3.63) is 28.2 Å². The average Bonchev–Trinajstić information content (AvgIpc) is 2.40. The van der Waals surface area contributed by atoms with Crippen molar-refractivity contribution >= 4 is 34.2 Å². The maximum atomic E-state index is 12.2. The van der Waals surface area contributed by atoms with Crippen LogP contribution in [-0.4, -0.2) is 32.1 Å². The maximum absolute atomic E-state index is 12.2. The summed E-state index contributed by atoms with van der Waals surface area (Å²) in [6.07, 6.45) is 2.13. The lowest BCUT2D eigenvalue weighted by molar-refractivity contribution is 0.0929. The van der Waals surface area contributed by atoms with Crippen LogP contribution in [0.5, 0.6) is 5.75 Å². The van der Waals surface area contributed by atoms with Gasteiger partial charge in [-0.25, -0.2) is 0 Å². The van der Waals surface area contributed by atoms with E-state index in [-0.39, 0.29) is 24.4 Å². The first-order valence-corrected chi connectivity index (χ1v) is 6.85. The van der Waals surface area contributed by atoms with Gasteiger partial charge in [0.1, 0.15) is 5.75 Å². The van der Waals surface area contributed by atoms with Gasteiger partial charge in [0, 0.05) is 17.1 Å². The molecule has 0 saturated carbocycles. The molecule has 1 aliphatic rings. The average molecular weight is 350 g/mol. The summed E-state index contributed by atoms with van der Waals surface area (Å²) in [6.45, 7) is 1.88. The molecule has 1 aromatic rings. The van der Waals surface area contributed by atoms with E-state index in [1.807, 2.05) is 12.1 Å². The van der Waals surface area contributed by atoms with Gasteiger partial charge in [-0.05, 0) is 53.5 Å². The largest absolute Gasteiger partial charge is 0.497 e. The van der Waals surface area contributed by atoms with E-state index in [9.17, 15) is 4.79 Å². The molecule has 2 rings (SSSR count). The number of carbonyl (C=O) groups is 1. The van der Waals surface area contributed by atoms with Crippen LogP contribution in [0, 0.1) is 0 Å². The Kier molecular flexibility index (Phi) is 6.62. The maximum Gasteiger partial charge on any atom is 0.252 e. The number of methoxy groups -OCH3 is 1. The van der Waals surface area contributed by atoms with E-state index in [1.54, 1.807) is 13.2 Å². The molecule has 0 radical (unpaired) electrons. The topological polar surface area (TPSA) is 50.4 Å². The monoisotopic (exact) mass is 348 g/mol. The van der Waals surface area contributed by atoms with Crippen LogP contribution in [0.4, 0.5) is 0 Å². The van der Waals surface area contributed by atoms with Crippen LogP contribution in [0.2, 0.25) is 0 Å². The molecule has 1 fully saturated rings. The Hall–Kier alpha value is -0.780. The van der Waals surface area contributed by atoms with Gasteiger partial charge in [-0.2, -0.15) is 0 Å². The van der Waals surface area contributed by atoms with Crippen molar-refractivity contribution in [2.45, 2.75) is 18.9 Å². The van der Waals surface area contributed by atoms with Gasteiger partial charge in [0.05, 0.1) is 12.7 Å². The highest BCUT2D eigenvalue weighted by Gasteiger charge is 2.18. The first-order chi connectivity index (χ1) is 8.70. The van der Waals surface area contributed by atoms with Crippen molar-refractivity contribution in [1.29, 1.82) is 0 Å². The molecule has 0 aliphatic carbocycles. The van der Waals surface area contributed by atoms with Crippen LogP contribution < -0.4 is 15.4 Å². The van der Waals surface area contributed by atoms with Crippen molar-refractivity contribution in [2.75, 3.05) is 20.2 Å². The second kappa shape index (κ2) is 7.72. The third kappa shape index (κ3) is 4.37. The number of halogens is 2. The standard InChI is InChI=1S/C13H17BrN2O2.ClH/c1-18-10-4-5-12(14)11(7-10)13(17)16-9-3-2-6-15-8-9;/h4-5,7,9,15H,2-3,6,8H2,1H3,(H,16,17);1H/t9-;/m0./s1. The fourth-order valence-electron chi connectivity index (χ4n) is 2.04. The summed E-state index contributed by atoms with van der Waals surface area (Å²) in [5.41, 5.74) is 0.611. The van der Waals surface area contributed by atoms with Crippen LogP contribution in [0.15, 0.2) is 22.7 Å². The summed E-state index contributed by atoms with van der Waals surface area (Å²) in [4.78, 5) is 12.2. The smallest absolute Gasteiger partial charge is 0.252 e. The number of piperidine rings is 1. The van der Waals surface area contributed by atoms with Gasteiger partial charge in [-0.15, -0.1) is 12.4 Å². The lowest BCUT2D eigenvalue weighted by Gasteiger charge is -2.24. The highest BCUT2D eigenvalue weighted by Crippen LogP contribution is 2.22. The molecule has 0 aromatic heterocycles. The number of ether oxygens (including phenoxy) is 1. The van der Waals surface area contributed by atoms with Crippen molar-refractivity contribution in [3.63, 3.8) is 0 Å². The van der Waals surface area contributed by atoms with Crippen molar-refractivity contribution in [1.82, 2.24) is 10.6 Å². The number of hydrogen-bond acceptors (Lipinski definition) is 3. The molecule has 19 heavy (non-hydrogen) atoms. The molecular weight excluding hydrogens is 332 g/mol. The fraction of sp³-hybridized carbons (Fsp3) is 0.462. The van der Waals surface area contributed by atoms with Crippen LogP contribution in [0.25, 0.3) is 0 Å². The number of rotatable bonds is 3. The first-order valence-electron chi connectivity index (χ1n) is 6.06. The second-order valence-electron chi connectivity index (χ2n) is 4.36. The van der Waals surface area contributed by atoms with Gasteiger partial charge in [-0.3, -0.25) is 4.79 Å². The van der Waals surface area contributed by atoms with E-state index >= 15 is 0 Å². The van der Waals surface area contributed by atoms with Crippen molar-refractivity contribution in [2.24, 2.45) is 0 Å². The summed E-state index contributed by atoms with van der Waals surface area (Å²) in [6, 6.07) is 5.61. The fourth-order valence-corrected chi connectivity index (χ4v) is 2.47. The predicted octanol–water partition coefficient (Wildman–Crippen LogP) is 2.36. The molecule has 1 aliphatic heterocycles. The van der Waals surface area contributed by atoms with Crippen LogP contribution in [-0.2, 0) is 0 Å². The summed E-state index contributed by atoms with van der Waals surface area (Å²) < 4.78 is 5.92. The Morgan fingerprint density at radius 2 is 2.32 bits per heavy atom. The molecule has 106 valence electrons. The molecule has 1 amide bonds. The third-order valence-corrected chi connectivity index (χ3v) is 3.74. The minimum Gasteiger partial charge on any atom is -0.497 e. The van der Waals surface area contributed by atoms with Crippen LogP contribution in [0.1, 0.15) is 23.2 Å². The molecule has 1 aromatic carbocycles. The Morgan fingerprint density at radius 1 is 1.53 bits per heavy atom. The molecule has 1 heterocycles. The molecule has 0 unspecified atom stereocenters. The number of amides is 1. The minimum absolute atomic E-state index is 0. The number of benzene rings is 1. The second-order valence-corrected chi connectivity index (χ2v) is 5.22. The van der Waals surface area contributed by atoms with E-state index in [0.29, 0.717) is 11.3 Å². The minimum atomic E-state index is -0.0607. The molecule has 1 atom stereocenters. The lowest BCUT2D eigenvalue weighted by atomic mass is 10.1. The van der Waals surface area contributed by atoms with Gasteiger partial charge in [-0.1, -0.05) is 0 Å². The summed E-state index contributed by atoms with van der Waals surface area (Å²) >= 11 is 3.39. The highest BCUT2D eigenvalue weighted by molar-refractivity contribution is 9.10. The van der Waals surface area contributed by atoms with Crippen molar-refractivity contribution < 1.29 is 9.53 Å². The molecule has 6 heteroatoms. The Morgan fingerprint density at radius 3 is 2.95 bits per heavy atom. The summed E-state index contributed by atoms with van der Waals surface area (Å²) in [5, 5.41) is 6.32. The Balaban J connectivity index is 0.00000180.